The Morgan fingerprint density at radius 1 is 1.16 bits per heavy atom. The average Bonchev–Trinajstić information content (AvgIpc) is 2.82. The first-order valence-electron chi connectivity index (χ1n) is 11.2. The van der Waals surface area contributed by atoms with Crippen molar-refractivity contribution in [2.45, 2.75) is 44.2 Å². The molecular weight excluding hydrogens is 512 g/mol. The smallest absolute Gasteiger partial charge is 0.378 e. The van der Waals surface area contributed by atoms with Crippen LogP contribution in [0.4, 0.5) is 37.8 Å². The number of likely N-dealkylation sites (N-methyl/N-ethyl adjacent to an activating group) is 1. The molecule has 37 heavy (non-hydrogen) atoms. The molecule has 0 aromatic carbocycles. The number of carbonyl (C=O) groups is 1. The number of nitrogens with zero attached hydrogens (tertiary/aromatic N) is 5. The lowest BCUT2D eigenvalue weighted by atomic mass is 10.0. The van der Waals surface area contributed by atoms with Crippen LogP contribution in [0.15, 0.2) is 23.4 Å². The maximum absolute atomic E-state index is 13.1. The molecule has 3 heterocycles. The van der Waals surface area contributed by atoms with Crippen molar-refractivity contribution in [3.05, 3.63) is 40.2 Å². The van der Waals surface area contributed by atoms with E-state index in [-0.39, 0.29) is 25.2 Å². The molecule has 3 rings (SSSR count). The molecule has 2 N–H and O–H groups in total. The second-order valence-electron chi connectivity index (χ2n) is 8.53. The van der Waals surface area contributed by atoms with Gasteiger partial charge in [-0.2, -0.15) is 31.4 Å². The number of ether oxygens (including phenoxy) is 1. The zero-order valence-electron chi connectivity index (χ0n) is 19.9. The number of rotatable bonds is 8. The summed E-state index contributed by atoms with van der Waals surface area (Å²) in [7, 11) is 1.60. The number of aromatic nitrogens is 4. The molecule has 1 atom stereocenters. The van der Waals surface area contributed by atoms with E-state index in [1.807, 2.05) is 0 Å². The molecule has 0 spiro atoms. The quantitative estimate of drug-likeness (QED) is 0.494. The predicted octanol–water partition coefficient (Wildman–Crippen LogP) is 2.54. The van der Waals surface area contributed by atoms with Crippen LogP contribution in [0.5, 0.6) is 0 Å². The molecule has 0 unspecified atom stereocenters. The van der Waals surface area contributed by atoms with Gasteiger partial charge in [-0.3, -0.25) is 9.59 Å². The summed E-state index contributed by atoms with van der Waals surface area (Å²) in [4.78, 5) is 34.6. The van der Waals surface area contributed by atoms with E-state index in [2.05, 4.69) is 20.4 Å². The summed E-state index contributed by atoms with van der Waals surface area (Å²) in [5.74, 6) is -0.0247. The SMILES string of the molecule is C[C@@H](COCC(=O)N(C)C1CCN(c2cnc(C(F)(F)F)cn2)CC1)Nc1cn[nH]c(=O)c1C(F)(F)F. The van der Waals surface area contributed by atoms with Gasteiger partial charge in [-0.25, -0.2) is 15.1 Å². The fraction of sp³-hybridized carbons (Fsp3) is 0.571. The van der Waals surface area contributed by atoms with Gasteiger partial charge in [0.2, 0.25) is 5.91 Å². The van der Waals surface area contributed by atoms with Crippen molar-refractivity contribution in [2.24, 2.45) is 0 Å². The number of H-pyrrole nitrogens is 1. The average molecular weight is 537 g/mol. The van der Waals surface area contributed by atoms with Crippen LogP contribution in [0.25, 0.3) is 0 Å². The summed E-state index contributed by atoms with van der Waals surface area (Å²) in [6.07, 6.45) is -5.77. The number of halogens is 6. The lowest BCUT2D eigenvalue weighted by Crippen LogP contribution is -2.47. The molecule has 1 fully saturated rings. The van der Waals surface area contributed by atoms with E-state index in [1.165, 1.54) is 11.8 Å². The largest absolute Gasteiger partial charge is 0.434 e. The van der Waals surface area contributed by atoms with Gasteiger partial charge in [-0.15, -0.1) is 0 Å². The second kappa shape index (κ2) is 11.3. The number of nitrogens with one attached hydrogen (secondary N) is 2. The van der Waals surface area contributed by atoms with Crippen molar-refractivity contribution < 1.29 is 35.9 Å². The Morgan fingerprint density at radius 2 is 1.84 bits per heavy atom. The first kappa shape index (κ1) is 28.1. The fourth-order valence-electron chi connectivity index (χ4n) is 3.84. The van der Waals surface area contributed by atoms with Crippen LogP contribution in [0.1, 0.15) is 31.0 Å². The standard InChI is InChI=1S/C21H25F6N7O3/c1-12(31-14-7-30-32-19(36)18(14)21(25,26)27)10-37-11-17(35)33(2)13-3-5-34(6-4-13)16-9-28-15(8-29-16)20(22,23)24/h7-9,12-13H,3-6,10-11H2,1-2H3,(H2,31,32,36)/t12-/m0/s1. The van der Waals surface area contributed by atoms with Crippen molar-refractivity contribution in [1.29, 1.82) is 0 Å². The molecule has 0 saturated carbocycles. The zero-order chi connectivity index (χ0) is 27.4. The Hall–Kier alpha value is -3.43. The monoisotopic (exact) mass is 537 g/mol. The second-order valence-corrected chi connectivity index (χ2v) is 8.53. The molecule has 0 radical (unpaired) electrons. The number of alkyl halides is 6. The summed E-state index contributed by atoms with van der Waals surface area (Å²) in [5.41, 5.74) is -4.35. The van der Waals surface area contributed by atoms with Crippen molar-refractivity contribution >= 4 is 17.4 Å². The highest BCUT2D eigenvalue weighted by Crippen LogP contribution is 2.31. The lowest BCUT2D eigenvalue weighted by Gasteiger charge is -2.37. The fourth-order valence-corrected chi connectivity index (χ4v) is 3.84. The highest BCUT2D eigenvalue weighted by molar-refractivity contribution is 5.77. The van der Waals surface area contributed by atoms with Crippen LogP contribution in [0.3, 0.4) is 0 Å². The van der Waals surface area contributed by atoms with Gasteiger partial charge < -0.3 is 19.9 Å². The van der Waals surface area contributed by atoms with Gasteiger partial charge in [-0.1, -0.05) is 0 Å². The van der Waals surface area contributed by atoms with Gasteiger partial charge in [-0.05, 0) is 19.8 Å². The van der Waals surface area contributed by atoms with Crippen molar-refractivity contribution in [1.82, 2.24) is 25.1 Å². The first-order chi connectivity index (χ1) is 17.3. The maximum atomic E-state index is 13.1. The third-order valence-electron chi connectivity index (χ3n) is 5.79. The van der Waals surface area contributed by atoms with Crippen LogP contribution in [-0.4, -0.2) is 76.4 Å². The Kier molecular flexibility index (Phi) is 8.60. The molecule has 1 saturated heterocycles. The Balaban J connectivity index is 1.44. The topological polar surface area (TPSA) is 116 Å². The highest BCUT2D eigenvalue weighted by atomic mass is 19.4. The van der Waals surface area contributed by atoms with Crippen LogP contribution in [0.2, 0.25) is 0 Å². The van der Waals surface area contributed by atoms with E-state index >= 15 is 0 Å². The lowest BCUT2D eigenvalue weighted by molar-refractivity contribution is -0.141. The number of hydrogen-bond acceptors (Lipinski definition) is 8. The minimum atomic E-state index is -4.88. The molecule has 1 amide bonds. The molecule has 1 aliphatic rings. The molecule has 16 heteroatoms. The molecule has 2 aromatic rings. The molecule has 2 aromatic heterocycles. The van der Waals surface area contributed by atoms with Crippen molar-refractivity contribution in [3.63, 3.8) is 0 Å². The predicted molar refractivity (Wildman–Crippen MR) is 119 cm³/mol. The van der Waals surface area contributed by atoms with Gasteiger partial charge >= 0.3 is 12.4 Å². The third kappa shape index (κ3) is 7.30. The van der Waals surface area contributed by atoms with Crippen LogP contribution < -0.4 is 15.8 Å². The number of anilines is 2. The summed E-state index contributed by atoms with van der Waals surface area (Å²) in [6.45, 7) is 2.00. The normalized spacial score (nSPS) is 15.9. The van der Waals surface area contributed by atoms with Crippen molar-refractivity contribution in [3.8, 4) is 0 Å². The molecule has 204 valence electrons. The summed E-state index contributed by atoms with van der Waals surface area (Å²) in [6, 6.07) is -0.808. The summed E-state index contributed by atoms with van der Waals surface area (Å²) >= 11 is 0. The number of carbonyl (C=O) groups excluding carboxylic acids is 1. The minimum absolute atomic E-state index is 0.116. The van der Waals surface area contributed by atoms with E-state index in [1.54, 1.807) is 17.0 Å². The van der Waals surface area contributed by atoms with Crippen LogP contribution >= 0.6 is 0 Å². The number of hydrogen-bond donors (Lipinski definition) is 2. The van der Waals surface area contributed by atoms with E-state index in [0.717, 1.165) is 12.4 Å². The van der Waals surface area contributed by atoms with Gasteiger partial charge in [0.15, 0.2) is 5.69 Å². The number of piperidine rings is 1. The Morgan fingerprint density at radius 3 is 2.41 bits per heavy atom. The maximum Gasteiger partial charge on any atom is 0.434 e. The third-order valence-corrected chi connectivity index (χ3v) is 5.79. The molecule has 0 bridgehead atoms. The van der Waals surface area contributed by atoms with Crippen LogP contribution in [-0.2, 0) is 21.9 Å². The molecule has 10 nitrogen and oxygen atoms in total. The number of amides is 1. The Bertz CT molecular complexity index is 1120. The highest BCUT2D eigenvalue weighted by Gasteiger charge is 2.37. The summed E-state index contributed by atoms with van der Waals surface area (Å²) < 4.78 is 82.8. The zero-order valence-corrected chi connectivity index (χ0v) is 19.9. The van der Waals surface area contributed by atoms with E-state index in [4.69, 9.17) is 4.74 Å². The molecule has 1 aliphatic heterocycles. The first-order valence-corrected chi connectivity index (χ1v) is 11.2. The van der Waals surface area contributed by atoms with Crippen LogP contribution in [0, 0.1) is 0 Å². The summed E-state index contributed by atoms with van der Waals surface area (Å²) in [5, 5.41) is 7.64. The number of aromatic amines is 1. The van der Waals surface area contributed by atoms with E-state index < -0.39 is 40.9 Å². The minimum Gasteiger partial charge on any atom is -0.378 e. The van der Waals surface area contributed by atoms with E-state index in [9.17, 15) is 35.9 Å². The van der Waals surface area contributed by atoms with Gasteiger partial charge in [0, 0.05) is 32.2 Å². The Labute approximate surface area is 207 Å². The van der Waals surface area contributed by atoms with Crippen molar-refractivity contribution in [2.75, 3.05) is 43.6 Å². The van der Waals surface area contributed by atoms with E-state index in [0.29, 0.717) is 37.9 Å². The molecule has 0 aliphatic carbocycles. The van der Waals surface area contributed by atoms with Gasteiger partial charge in [0.1, 0.15) is 18.0 Å². The molecular formula is C21H25F6N7O3. The van der Waals surface area contributed by atoms with Gasteiger partial charge in [0.25, 0.3) is 5.56 Å². The van der Waals surface area contributed by atoms with Gasteiger partial charge in [0.05, 0.1) is 30.9 Å².